The molecule has 1 aromatic heterocycles. The first-order chi connectivity index (χ1) is 13.7. The van der Waals surface area contributed by atoms with Crippen molar-refractivity contribution in [1.29, 1.82) is 0 Å². The number of ether oxygens (including phenoxy) is 2. The number of aromatic nitrogens is 2. The number of hydrogen-bond acceptors (Lipinski definition) is 5. The Morgan fingerprint density at radius 3 is 2.61 bits per heavy atom. The number of fused-ring (bicyclic) bond motifs is 1. The summed E-state index contributed by atoms with van der Waals surface area (Å²) in [6, 6.07) is 21.1. The Bertz CT molecular complexity index is 1110. The third-order valence-electron chi connectivity index (χ3n) is 4.31. The lowest BCUT2D eigenvalue weighted by atomic mass is 10.2. The highest BCUT2D eigenvalue weighted by molar-refractivity contribution is 6.32. The Morgan fingerprint density at radius 2 is 1.75 bits per heavy atom. The first-order valence-corrected chi connectivity index (χ1v) is 9.13. The van der Waals surface area contributed by atoms with Crippen molar-refractivity contribution in [2.24, 2.45) is 0 Å². The zero-order valence-electron chi connectivity index (χ0n) is 15.2. The smallest absolute Gasteiger partial charge is 0.141 e. The summed E-state index contributed by atoms with van der Waals surface area (Å²) in [4.78, 5) is 8.61. The molecule has 0 aliphatic carbocycles. The average molecular weight is 392 g/mol. The third kappa shape index (κ3) is 3.85. The fraction of sp³-hybridized carbons (Fsp3) is 0.0909. The van der Waals surface area contributed by atoms with Crippen molar-refractivity contribution in [2.45, 2.75) is 6.61 Å². The fourth-order valence-electron chi connectivity index (χ4n) is 2.91. The number of rotatable bonds is 6. The molecular formula is C22H18ClN3O2. The van der Waals surface area contributed by atoms with E-state index < -0.39 is 0 Å². The molecule has 0 aliphatic heterocycles. The summed E-state index contributed by atoms with van der Waals surface area (Å²) in [5.41, 5.74) is 2.65. The highest BCUT2D eigenvalue weighted by atomic mass is 35.5. The highest BCUT2D eigenvalue weighted by Crippen LogP contribution is 2.31. The van der Waals surface area contributed by atoms with Crippen molar-refractivity contribution in [2.75, 3.05) is 12.4 Å². The molecule has 6 heteroatoms. The van der Waals surface area contributed by atoms with Crippen LogP contribution in [0.2, 0.25) is 5.02 Å². The van der Waals surface area contributed by atoms with E-state index in [2.05, 4.69) is 15.3 Å². The predicted molar refractivity (Wildman–Crippen MR) is 112 cm³/mol. The zero-order valence-corrected chi connectivity index (χ0v) is 16.0. The molecule has 4 aromatic rings. The molecule has 0 amide bonds. The van der Waals surface area contributed by atoms with Gasteiger partial charge in [0.15, 0.2) is 0 Å². The van der Waals surface area contributed by atoms with E-state index in [1.165, 1.54) is 6.33 Å². The SMILES string of the molecule is COc1ccccc1COc1ccc(Nc2ncnc3ccccc23)cc1Cl. The van der Waals surface area contributed by atoms with Gasteiger partial charge in [-0.05, 0) is 36.4 Å². The lowest BCUT2D eigenvalue weighted by Crippen LogP contribution is -2.00. The lowest BCUT2D eigenvalue weighted by Gasteiger charge is -2.13. The summed E-state index contributed by atoms with van der Waals surface area (Å²) in [6.07, 6.45) is 1.54. The van der Waals surface area contributed by atoms with Crippen molar-refractivity contribution < 1.29 is 9.47 Å². The molecule has 1 heterocycles. The largest absolute Gasteiger partial charge is 0.496 e. The molecule has 5 nitrogen and oxygen atoms in total. The first kappa shape index (κ1) is 18.1. The normalized spacial score (nSPS) is 10.6. The van der Waals surface area contributed by atoms with Gasteiger partial charge in [0, 0.05) is 16.6 Å². The minimum Gasteiger partial charge on any atom is -0.496 e. The Morgan fingerprint density at radius 1 is 0.929 bits per heavy atom. The van der Waals surface area contributed by atoms with Crippen LogP contribution in [-0.2, 0) is 6.61 Å². The molecule has 0 spiro atoms. The van der Waals surface area contributed by atoms with Crippen molar-refractivity contribution in [3.8, 4) is 11.5 Å². The van der Waals surface area contributed by atoms with Crippen molar-refractivity contribution in [3.63, 3.8) is 0 Å². The number of nitrogens with one attached hydrogen (secondary N) is 1. The second kappa shape index (κ2) is 8.15. The van der Waals surface area contributed by atoms with Crippen LogP contribution in [0, 0.1) is 0 Å². The van der Waals surface area contributed by atoms with Crippen LogP contribution >= 0.6 is 11.6 Å². The topological polar surface area (TPSA) is 56.3 Å². The Kier molecular flexibility index (Phi) is 5.26. The number of halogens is 1. The number of methoxy groups -OCH3 is 1. The van der Waals surface area contributed by atoms with Crippen LogP contribution in [0.3, 0.4) is 0 Å². The Labute approximate surface area is 167 Å². The number of para-hydroxylation sites is 2. The molecule has 0 atom stereocenters. The van der Waals surface area contributed by atoms with Gasteiger partial charge in [0.2, 0.25) is 0 Å². The summed E-state index contributed by atoms with van der Waals surface area (Å²) in [5, 5.41) is 4.75. The molecule has 28 heavy (non-hydrogen) atoms. The monoisotopic (exact) mass is 391 g/mol. The van der Waals surface area contributed by atoms with Crippen LogP contribution in [0.1, 0.15) is 5.56 Å². The average Bonchev–Trinajstić information content (AvgIpc) is 2.74. The number of benzene rings is 3. The van der Waals surface area contributed by atoms with E-state index in [-0.39, 0.29) is 0 Å². The van der Waals surface area contributed by atoms with E-state index in [9.17, 15) is 0 Å². The molecule has 0 radical (unpaired) electrons. The molecule has 0 unspecified atom stereocenters. The highest BCUT2D eigenvalue weighted by Gasteiger charge is 2.08. The summed E-state index contributed by atoms with van der Waals surface area (Å²) >= 11 is 6.42. The minimum atomic E-state index is 0.368. The standard InChI is InChI=1S/C22H18ClN3O2/c1-27-20-9-5-2-6-15(20)13-28-21-11-10-16(12-18(21)23)26-22-17-7-3-4-8-19(17)24-14-25-22/h2-12,14H,13H2,1H3,(H,24,25,26). The van der Waals surface area contributed by atoms with Crippen molar-refractivity contribution in [3.05, 3.63) is 83.6 Å². The van der Waals surface area contributed by atoms with Crippen LogP contribution in [0.4, 0.5) is 11.5 Å². The molecule has 0 saturated carbocycles. The van der Waals surface area contributed by atoms with E-state index in [4.69, 9.17) is 21.1 Å². The molecule has 0 saturated heterocycles. The Hall–Kier alpha value is -3.31. The third-order valence-corrected chi connectivity index (χ3v) is 4.61. The van der Waals surface area contributed by atoms with Gasteiger partial charge in [-0.3, -0.25) is 0 Å². The summed E-state index contributed by atoms with van der Waals surface area (Å²) in [6.45, 7) is 0.368. The van der Waals surface area contributed by atoms with Gasteiger partial charge in [-0.1, -0.05) is 41.9 Å². The van der Waals surface area contributed by atoms with Gasteiger partial charge in [0.1, 0.15) is 30.3 Å². The fourth-order valence-corrected chi connectivity index (χ4v) is 3.15. The molecule has 3 aromatic carbocycles. The van der Waals surface area contributed by atoms with Gasteiger partial charge in [0.05, 0.1) is 17.6 Å². The van der Waals surface area contributed by atoms with Gasteiger partial charge < -0.3 is 14.8 Å². The maximum Gasteiger partial charge on any atom is 0.141 e. The van der Waals surface area contributed by atoms with E-state index in [1.54, 1.807) is 7.11 Å². The van der Waals surface area contributed by atoms with E-state index in [1.807, 2.05) is 66.7 Å². The minimum absolute atomic E-state index is 0.368. The van der Waals surface area contributed by atoms with Gasteiger partial charge in [-0.25, -0.2) is 9.97 Å². The van der Waals surface area contributed by atoms with Crippen LogP contribution in [0.15, 0.2) is 73.1 Å². The predicted octanol–water partition coefficient (Wildman–Crippen LogP) is 5.61. The molecular weight excluding hydrogens is 374 g/mol. The molecule has 4 rings (SSSR count). The second-order valence-electron chi connectivity index (χ2n) is 6.11. The van der Waals surface area contributed by atoms with Crippen LogP contribution in [0.5, 0.6) is 11.5 Å². The molecule has 0 aliphatic rings. The molecule has 0 bridgehead atoms. The lowest BCUT2D eigenvalue weighted by molar-refractivity contribution is 0.297. The van der Waals surface area contributed by atoms with E-state index in [0.29, 0.717) is 17.4 Å². The maximum absolute atomic E-state index is 6.42. The second-order valence-corrected chi connectivity index (χ2v) is 6.52. The van der Waals surface area contributed by atoms with Crippen LogP contribution < -0.4 is 14.8 Å². The van der Waals surface area contributed by atoms with Crippen LogP contribution in [-0.4, -0.2) is 17.1 Å². The van der Waals surface area contributed by atoms with Crippen molar-refractivity contribution >= 4 is 34.0 Å². The van der Waals surface area contributed by atoms with Crippen LogP contribution in [0.25, 0.3) is 10.9 Å². The quantitative estimate of drug-likeness (QED) is 0.462. The molecule has 1 N–H and O–H groups in total. The number of anilines is 2. The molecule has 140 valence electrons. The van der Waals surface area contributed by atoms with Gasteiger partial charge in [-0.15, -0.1) is 0 Å². The first-order valence-electron chi connectivity index (χ1n) is 8.75. The van der Waals surface area contributed by atoms with Gasteiger partial charge in [-0.2, -0.15) is 0 Å². The Balaban J connectivity index is 1.51. The van der Waals surface area contributed by atoms with Gasteiger partial charge >= 0.3 is 0 Å². The van der Waals surface area contributed by atoms with Gasteiger partial charge in [0.25, 0.3) is 0 Å². The van der Waals surface area contributed by atoms with E-state index >= 15 is 0 Å². The van der Waals surface area contributed by atoms with Crippen molar-refractivity contribution in [1.82, 2.24) is 9.97 Å². The summed E-state index contributed by atoms with van der Waals surface area (Å²) in [7, 11) is 1.64. The zero-order chi connectivity index (χ0) is 19.3. The van der Waals surface area contributed by atoms with E-state index in [0.717, 1.165) is 33.7 Å². The maximum atomic E-state index is 6.42. The number of hydrogen-bond donors (Lipinski definition) is 1. The summed E-state index contributed by atoms with van der Waals surface area (Å²) in [5.74, 6) is 2.11. The molecule has 0 fully saturated rings. The summed E-state index contributed by atoms with van der Waals surface area (Å²) < 4.78 is 11.2. The number of nitrogens with zero attached hydrogens (tertiary/aromatic N) is 2.